The fourth-order valence-corrected chi connectivity index (χ4v) is 1.21. The van der Waals surface area contributed by atoms with Gasteiger partial charge in [-0.2, -0.15) is 0 Å². The van der Waals surface area contributed by atoms with Crippen molar-refractivity contribution in [2.75, 3.05) is 5.33 Å². The van der Waals surface area contributed by atoms with Crippen LogP contribution < -0.4 is 0 Å². The number of halogens is 2. The lowest BCUT2D eigenvalue weighted by atomic mass is 10.2. The zero-order chi connectivity index (χ0) is 11.3. The van der Waals surface area contributed by atoms with Crippen LogP contribution in [0.2, 0.25) is 5.15 Å². The zero-order valence-corrected chi connectivity index (χ0v) is 9.97. The van der Waals surface area contributed by atoms with Gasteiger partial charge in [0.2, 0.25) is 0 Å². The van der Waals surface area contributed by atoms with Crippen LogP contribution in [0.1, 0.15) is 22.3 Å². The lowest BCUT2D eigenvalue weighted by Crippen LogP contribution is -1.98. The van der Waals surface area contributed by atoms with Crippen molar-refractivity contribution >= 4 is 33.5 Å². The smallest absolute Gasteiger partial charge is 0.337 e. The van der Waals surface area contributed by atoms with Gasteiger partial charge in [0.15, 0.2) is 0 Å². The summed E-state index contributed by atoms with van der Waals surface area (Å²) in [5.41, 5.74) is 0.528. The van der Waals surface area contributed by atoms with E-state index in [2.05, 4.69) is 32.8 Å². The van der Waals surface area contributed by atoms with Crippen LogP contribution >= 0.6 is 27.5 Å². The number of rotatable bonds is 2. The molecule has 0 aromatic carbocycles. The quantitative estimate of drug-likeness (QED) is 0.517. The number of carboxylic acids is 1. The predicted molar refractivity (Wildman–Crippen MR) is 61.5 cm³/mol. The molecule has 1 heterocycles. The van der Waals surface area contributed by atoms with Crippen LogP contribution in [0.4, 0.5) is 0 Å². The van der Waals surface area contributed by atoms with E-state index in [1.54, 1.807) is 0 Å². The minimum absolute atomic E-state index is 0.0857. The first-order valence-electron chi connectivity index (χ1n) is 4.09. The Morgan fingerprint density at radius 1 is 1.67 bits per heavy atom. The number of aromatic nitrogens is 1. The molecule has 78 valence electrons. The highest BCUT2D eigenvalue weighted by molar-refractivity contribution is 9.09. The predicted octanol–water partition coefficient (Wildman–Crippen LogP) is 2.57. The molecule has 0 spiro atoms. The number of carbonyl (C=O) groups is 1. The van der Waals surface area contributed by atoms with Gasteiger partial charge in [-0.25, -0.2) is 9.78 Å². The summed E-state index contributed by atoms with van der Waals surface area (Å²) in [6.07, 6.45) is 1.88. The van der Waals surface area contributed by atoms with Crippen molar-refractivity contribution in [2.24, 2.45) is 0 Å². The van der Waals surface area contributed by atoms with Gasteiger partial charge in [0.1, 0.15) is 5.15 Å². The number of nitrogens with zero attached hydrogens (tertiary/aromatic N) is 1. The molecule has 0 radical (unpaired) electrons. The molecule has 0 bridgehead atoms. The minimum Gasteiger partial charge on any atom is -0.478 e. The van der Waals surface area contributed by atoms with E-state index in [0.717, 1.165) is 5.33 Å². The largest absolute Gasteiger partial charge is 0.478 e. The topological polar surface area (TPSA) is 50.2 Å². The molecule has 5 heteroatoms. The van der Waals surface area contributed by atoms with Crippen molar-refractivity contribution in [2.45, 2.75) is 6.42 Å². The molecular weight excluding hydrogens is 281 g/mol. The summed E-state index contributed by atoms with van der Waals surface area (Å²) in [4.78, 5) is 14.4. The zero-order valence-electron chi connectivity index (χ0n) is 7.63. The van der Waals surface area contributed by atoms with Crippen molar-refractivity contribution in [3.05, 3.63) is 28.5 Å². The van der Waals surface area contributed by atoms with Gasteiger partial charge >= 0.3 is 5.97 Å². The Balaban J connectivity index is 3.02. The SMILES string of the molecule is O=C(O)c1cnc(Cl)c(C#CCCBr)c1. The molecule has 1 aromatic heterocycles. The number of carboxylic acid groups (broad SMARTS) is 1. The summed E-state index contributed by atoms with van der Waals surface area (Å²) in [5.74, 6) is 4.58. The minimum atomic E-state index is -1.04. The van der Waals surface area contributed by atoms with Crippen molar-refractivity contribution in [1.82, 2.24) is 4.98 Å². The van der Waals surface area contributed by atoms with Gasteiger partial charge in [-0.15, -0.1) is 0 Å². The number of hydrogen-bond donors (Lipinski definition) is 1. The fraction of sp³-hybridized carbons (Fsp3) is 0.200. The second-order valence-corrected chi connectivity index (χ2v) is 3.76. The fourth-order valence-electron chi connectivity index (χ4n) is 0.858. The summed E-state index contributed by atoms with van der Waals surface area (Å²) in [6.45, 7) is 0. The Morgan fingerprint density at radius 3 is 3.00 bits per heavy atom. The molecule has 3 nitrogen and oxygen atoms in total. The number of hydrogen-bond acceptors (Lipinski definition) is 2. The van der Waals surface area contributed by atoms with E-state index in [0.29, 0.717) is 12.0 Å². The van der Waals surface area contributed by atoms with Gasteiger partial charge in [0.25, 0.3) is 0 Å². The summed E-state index contributed by atoms with van der Waals surface area (Å²) >= 11 is 9.00. The normalized spacial score (nSPS) is 9.20. The Labute approximate surface area is 101 Å². The van der Waals surface area contributed by atoms with Crippen LogP contribution in [0.25, 0.3) is 0 Å². The molecule has 0 unspecified atom stereocenters. The third kappa shape index (κ3) is 3.54. The summed E-state index contributed by atoms with van der Waals surface area (Å²) in [7, 11) is 0. The summed E-state index contributed by atoms with van der Waals surface area (Å²) in [5, 5.41) is 9.72. The highest BCUT2D eigenvalue weighted by Crippen LogP contribution is 2.13. The molecule has 0 aliphatic rings. The Hall–Kier alpha value is -1.05. The Morgan fingerprint density at radius 2 is 2.40 bits per heavy atom. The average molecular weight is 289 g/mol. The van der Waals surface area contributed by atoms with E-state index >= 15 is 0 Å². The first-order chi connectivity index (χ1) is 7.15. The molecule has 0 atom stereocenters. The van der Waals surface area contributed by atoms with Gasteiger partial charge < -0.3 is 5.11 Å². The lowest BCUT2D eigenvalue weighted by molar-refractivity contribution is 0.0696. The standard InChI is InChI=1S/C10H7BrClNO2/c11-4-2-1-3-7-5-8(10(14)15)6-13-9(7)12/h5-6H,2,4H2,(H,14,15). The highest BCUT2D eigenvalue weighted by Gasteiger charge is 2.06. The van der Waals surface area contributed by atoms with E-state index in [1.165, 1.54) is 12.3 Å². The van der Waals surface area contributed by atoms with Gasteiger partial charge in [0.05, 0.1) is 11.1 Å². The molecule has 0 saturated carbocycles. The van der Waals surface area contributed by atoms with E-state index in [4.69, 9.17) is 16.7 Å². The third-order valence-corrected chi connectivity index (χ3v) is 2.23. The molecule has 0 amide bonds. The number of aromatic carboxylic acids is 1. The molecule has 15 heavy (non-hydrogen) atoms. The summed E-state index contributed by atoms with van der Waals surface area (Å²) < 4.78 is 0. The Kier molecular flexibility index (Phi) is 4.60. The van der Waals surface area contributed by atoms with Gasteiger partial charge in [-0.1, -0.05) is 39.4 Å². The van der Waals surface area contributed by atoms with Gasteiger partial charge in [0, 0.05) is 17.9 Å². The average Bonchev–Trinajstić information content (AvgIpc) is 2.20. The van der Waals surface area contributed by atoms with E-state index in [-0.39, 0.29) is 10.7 Å². The maximum atomic E-state index is 10.7. The molecule has 0 saturated heterocycles. The van der Waals surface area contributed by atoms with Crippen LogP contribution in [0.3, 0.4) is 0 Å². The molecule has 1 aromatic rings. The van der Waals surface area contributed by atoms with Gasteiger partial charge in [-0.05, 0) is 6.07 Å². The maximum Gasteiger partial charge on any atom is 0.337 e. The van der Waals surface area contributed by atoms with Crippen molar-refractivity contribution in [3.63, 3.8) is 0 Å². The van der Waals surface area contributed by atoms with Crippen molar-refractivity contribution < 1.29 is 9.90 Å². The second-order valence-electron chi connectivity index (χ2n) is 2.61. The van der Waals surface area contributed by atoms with Crippen LogP contribution in [-0.4, -0.2) is 21.4 Å². The van der Waals surface area contributed by atoms with E-state index in [9.17, 15) is 4.79 Å². The van der Waals surface area contributed by atoms with Crippen LogP contribution in [0, 0.1) is 11.8 Å². The van der Waals surface area contributed by atoms with Crippen LogP contribution in [-0.2, 0) is 0 Å². The molecule has 0 aliphatic carbocycles. The molecular formula is C10H7BrClNO2. The van der Waals surface area contributed by atoms with E-state index < -0.39 is 5.97 Å². The second kappa shape index (κ2) is 5.74. The van der Waals surface area contributed by atoms with Crippen molar-refractivity contribution in [1.29, 1.82) is 0 Å². The number of alkyl halides is 1. The van der Waals surface area contributed by atoms with Crippen molar-refractivity contribution in [3.8, 4) is 11.8 Å². The first-order valence-corrected chi connectivity index (χ1v) is 5.58. The molecule has 0 fully saturated rings. The monoisotopic (exact) mass is 287 g/mol. The Bertz CT molecular complexity index is 437. The van der Waals surface area contributed by atoms with E-state index in [1.807, 2.05) is 0 Å². The number of pyridine rings is 1. The highest BCUT2D eigenvalue weighted by atomic mass is 79.9. The third-order valence-electron chi connectivity index (χ3n) is 1.53. The van der Waals surface area contributed by atoms with Crippen LogP contribution in [0.15, 0.2) is 12.3 Å². The lowest BCUT2D eigenvalue weighted by Gasteiger charge is -1.97. The molecule has 0 aliphatic heterocycles. The van der Waals surface area contributed by atoms with Gasteiger partial charge in [-0.3, -0.25) is 0 Å². The molecule has 1 rings (SSSR count). The maximum absolute atomic E-state index is 10.7. The molecule has 1 N–H and O–H groups in total. The first kappa shape index (κ1) is 12.0. The summed E-state index contributed by atoms with van der Waals surface area (Å²) in [6, 6.07) is 1.42. The van der Waals surface area contributed by atoms with Crippen LogP contribution in [0.5, 0.6) is 0 Å².